The summed E-state index contributed by atoms with van der Waals surface area (Å²) in [6.45, 7) is 0. The second kappa shape index (κ2) is 13.9. The summed E-state index contributed by atoms with van der Waals surface area (Å²) in [5.41, 5.74) is 5.56. The molecule has 120 valence electrons. The van der Waals surface area contributed by atoms with Crippen molar-refractivity contribution in [1.82, 2.24) is 0 Å². The number of hydrogen-bond donors (Lipinski definition) is 5. The molecule has 5 atom stereocenters. The van der Waals surface area contributed by atoms with Gasteiger partial charge in [-0.25, -0.2) is 0 Å². The molecule has 19 heavy (non-hydrogen) atoms. The zero-order chi connectivity index (χ0) is 13.4. The van der Waals surface area contributed by atoms with Crippen LogP contribution < -0.4 is 5.73 Å². The van der Waals surface area contributed by atoms with Crippen molar-refractivity contribution in [2.75, 3.05) is 11.8 Å². The summed E-state index contributed by atoms with van der Waals surface area (Å²) < 4.78 is 0. The molecule has 0 radical (unpaired) electrons. The summed E-state index contributed by atoms with van der Waals surface area (Å²) in [5, 5.41) is 38.4. The van der Waals surface area contributed by atoms with Crippen LogP contribution >= 0.6 is 48.0 Å². The highest BCUT2D eigenvalue weighted by atomic mass is 35.5. The Bertz CT molecular complexity index is 204. The summed E-state index contributed by atoms with van der Waals surface area (Å²) in [4.78, 5) is 0. The Morgan fingerprint density at radius 2 is 1.32 bits per heavy atom. The molecule has 0 heterocycles. The summed E-state index contributed by atoms with van der Waals surface area (Å²) in [7, 11) is 0. The lowest BCUT2D eigenvalue weighted by molar-refractivity contribution is -0.111. The molecular weight excluding hydrogens is 340 g/mol. The van der Waals surface area contributed by atoms with Crippen LogP contribution in [0.1, 0.15) is 19.3 Å². The van der Waals surface area contributed by atoms with Crippen LogP contribution in [0.3, 0.4) is 0 Å². The molecule has 5 nitrogen and oxygen atoms in total. The Morgan fingerprint density at radius 3 is 1.74 bits per heavy atom. The molecule has 0 rings (SSSR count). The molecular formula is C10H23Cl4NO4. The van der Waals surface area contributed by atoms with Crippen LogP contribution in [0.5, 0.6) is 0 Å². The molecule has 0 bridgehead atoms. The van der Waals surface area contributed by atoms with Gasteiger partial charge >= 0.3 is 0 Å². The molecule has 0 aromatic carbocycles. The van der Waals surface area contributed by atoms with E-state index < -0.39 is 30.5 Å². The molecule has 0 fully saturated rings. The van der Waals surface area contributed by atoms with Crippen molar-refractivity contribution in [2.45, 2.75) is 49.7 Å². The number of rotatable bonds is 9. The fourth-order valence-corrected chi connectivity index (χ4v) is 1.84. The highest BCUT2D eigenvalue weighted by Crippen LogP contribution is 2.13. The summed E-state index contributed by atoms with van der Waals surface area (Å²) in [6.07, 6.45) is -4.34. The molecule has 0 saturated carbocycles. The van der Waals surface area contributed by atoms with E-state index in [1.54, 1.807) is 0 Å². The van der Waals surface area contributed by atoms with Gasteiger partial charge in [0, 0.05) is 17.8 Å². The topological polar surface area (TPSA) is 107 Å². The Hall–Kier alpha value is 0.960. The first-order valence-electron chi connectivity index (χ1n) is 5.55. The molecule has 0 amide bonds. The summed E-state index contributed by atoms with van der Waals surface area (Å²) >= 11 is 10.9. The molecule has 0 aliphatic rings. The SMILES string of the molecule is Cl.Cl.NC(CCCl)[C@@H](O)[C@@H](O)[C@H](O)[C@H](O)CCCCl. The maximum absolute atomic E-state index is 9.64. The predicted octanol–water partition coefficient (Wildman–Crippen LogP) is 0.249. The average molecular weight is 363 g/mol. The predicted molar refractivity (Wildman–Crippen MR) is 81.8 cm³/mol. The van der Waals surface area contributed by atoms with E-state index in [0.717, 1.165) is 0 Å². The van der Waals surface area contributed by atoms with Crippen molar-refractivity contribution in [1.29, 1.82) is 0 Å². The van der Waals surface area contributed by atoms with Crippen molar-refractivity contribution in [2.24, 2.45) is 5.73 Å². The van der Waals surface area contributed by atoms with Gasteiger partial charge < -0.3 is 26.2 Å². The molecule has 0 aromatic heterocycles. The molecule has 6 N–H and O–H groups in total. The van der Waals surface area contributed by atoms with E-state index in [9.17, 15) is 20.4 Å². The molecule has 0 aromatic rings. The van der Waals surface area contributed by atoms with E-state index in [0.29, 0.717) is 18.7 Å². The van der Waals surface area contributed by atoms with Gasteiger partial charge in [-0.1, -0.05) is 0 Å². The van der Waals surface area contributed by atoms with Crippen molar-refractivity contribution >= 4 is 48.0 Å². The second-order valence-electron chi connectivity index (χ2n) is 4.01. The smallest absolute Gasteiger partial charge is 0.110 e. The molecule has 9 heteroatoms. The van der Waals surface area contributed by atoms with Gasteiger partial charge in [0.1, 0.15) is 12.2 Å². The molecule has 0 aliphatic carbocycles. The third-order valence-electron chi connectivity index (χ3n) is 2.61. The largest absolute Gasteiger partial charge is 0.390 e. The Labute approximate surface area is 135 Å². The van der Waals surface area contributed by atoms with Gasteiger partial charge in [-0.2, -0.15) is 0 Å². The summed E-state index contributed by atoms with van der Waals surface area (Å²) in [6, 6.07) is -0.739. The van der Waals surface area contributed by atoms with Gasteiger partial charge in [-0.05, 0) is 19.3 Å². The number of nitrogens with two attached hydrogens (primary N) is 1. The Kier molecular flexibility index (Phi) is 18.3. The Balaban J connectivity index is -0.00000128. The second-order valence-corrected chi connectivity index (χ2v) is 4.77. The van der Waals surface area contributed by atoms with E-state index in [1.165, 1.54) is 0 Å². The molecule has 0 spiro atoms. The minimum Gasteiger partial charge on any atom is -0.390 e. The van der Waals surface area contributed by atoms with Crippen LogP contribution in [0, 0.1) is 0 Å². The molecule has 0 saturated heterocycles. The van der Waals surface area contributed by atoms with Gasteiger partial charge in [0.2, 0.25) is 0 Å². The van der Waals surface area contributed by atoms with Crippen LogP contribution in [-0.4, -0.2) is 62.6 Å². The first-order chi connectivity index (χ1) is 7.95. The zero-order valence-electron chi connectivity index (χ0n) is 10.4. The third-order valence-corrected chi connectivity index (χ3v) is 3.09. The average Bonchev–Trinajstić information content (AvgIpc) is 2.33. The fraction of sp³-hybridized carbons (Fsp3) is 1.00. The number of aliphatic hydroxyl groups is 4. The number of alkyl halides is 2. The van der Waals surface area contributed by atoms with Crippen LogP contribution in [0.4, 0.5) is 0 Å². The van der Waals surface area contributed by atoms with Gasteiger partial charge in [-0.3, -0.25) is 0 Å². The van der Waals surface area contributed by atoms with Crippen LogP contribution in [0.2, 0.25) is 0 Å². The van der Waals surface area contributed by atoms with Crippen LogP contribution in [0.25, 0.3) is 0 Å². The van der Waals surface area contributed by atoms with E-state index in [4.69, 9.17) is 28.9 Å². The standard InChI is InChI=1S/C10H21Cl2NO4.2ClH/c11-4-1-2-7(14)9(16)10(17)8(15)6(13)3-5-12;;/h6-10,14-17H,1-5,13H2;2*1H/t6?,7-,8-,9-,10-;;/m1../s1. The normalized spacial score (nSPS) is 18.5. The lowest BCUT2D eigenvalue weighted by Gasteiger charge is -2.29. The van der Waals surface area contributed by atoms with Gasteiger partial charge in [0.05, 0.1) is 12.2 Å². The highest BCUT2D eigenvalue weighted by Gasteiger charge is 2.32. The lowest BCUT2D eigenvalue weighted by Crippen LogP contribution is -2.51. The van der Waals surface area contributed by atoms with E-state index in [2.05, 4.69) is 0 Å². The first kappa shape index (κ1) is 24.9. The summed E-state index contributed by atoms with van der Waals surface area (Å²) in [5.74, 6) is 0.601. The van der Waals surface area contributed by atoms with Crippen molar-refractivity contribution < 1.29 is 20.4 Å². The number of aliphatic hydroxyl groups excluding tert-OH is 4. The molecule has 1 unspecified atom stereocenters. The van der Waals surface area contributed by atoms with Crippen LogP contribution in [0.15, 0.2) is 0 Å². The minimum atomic E-state index is -1.50. The molecule has 0 aliphatic heterocycles. The number of halogens is 4. The zero-order valence-corrected chi connectivity index (χ0v) is 13.5. The van der Waals surface area contributed by atoms with Crippen molar-refractivity contribution in [3.8, 4) is 0 Å². The van der Waals surface area contributed by atoms with Crippen molar-refractivity contribution in [3.63, 3.8) is 0 Å². The minimum absolute atomic E-state index is 0. The highest BCUT2D eigenvalue weighted by molar-refractivity contribution is 6.18. The van der Waals surface area contributed by atoms with E-state index >= 15 is 0 Å². The van der Waals surface area contributed by atoms with Gasteiger partial charge in [-0.15, -0.1) is 48.0 Å². The Morgan fingerprint density at radius 1 is 0.789 bits per heavy atom. The van der Waals surface area contributed by atoms with E-state index in [-0.39, 0.29) is 37.1 Å². The van der Waals surface area contributed by atoms with E-state index in [1.807, 2.05) is 0 Å². The third kappa shape index (κ3) is 9.50. The monoisotopic (exact) mass is 361 g/mol. The van der Waals surface area contributed by atoms with Gasteiger partial charge in [0.25, 0.3) is 0 Å². The maximum Gasteiger partial charge on any atom is 0.110 e. The quantitative estimate of drug-likeness (QED) is 0.378. The maximum atomic E-state index is 9.64. The lowest BCUT2D eigenvalue weighted by atomic mass is 9.95. The van der Waals surface area contributed by atoms with Crippen molar-refractivity contribution in [3.05, 3.63) is 0 Å². The van der Waals surface area contributed by atoms with Crippen LogP contribution in [-0.2, 0) is 0 Å². The number of hydrogen-bond acceptors (Lipinski definition) is 5. The first-order valence-corrected chi connectivity index (χ1v) is 6.62. The fourth-order valence-electron chi connectivity index (χ4n) is 1.44. The van der Waals surface area contributed by atoms with Gasteiger partial charge in [0.15, 0.2) is 0 Å².